The molecule has 0 radical (unpaired) electrons. The molecule has 130 valence electrons. The number of nitrogens with zero attached hydrogens (tertiary/aromatic N) is 1. The van der Waals surface area contributed by atoms with Crippen LogP contribution in [-0.2, 0) is 0 Å². The molecule has 0 heterocycles. The second-order valence-corrected chi connectivity index (χ2v) is 7.00. The number of nitrogens with two attached hydrogens (primary N) is 2. The molecule has 0 aromatic carbocycles. The summed E-state index contributed by atoms with van der Waals surface area (Å²) < 4.78 is 24.6. The summed E-state index contributed by atoms with van der Waals surface area (Å²) in [7, 11) is 0. The summed E-state index contributed by atoms with van der Waals surface area (Å²) in [5, 5.41) is 8.97. The lowest BCUT2D eigenvalue weighted by Gasteiger charge is -2.43. The van der Waals surface area contributed by atoms with Crippen LogP contribution in [0, 0.1) is 12.3 Å². The minimum Gasteiger partial charge on any atom is -0.465 e. The van der Waals surface area contributed by atoms with E-state index in [0.29, 0.717) is 0 Å². The summed E-state index contributed by atoms with van der Waals surface area (Å²) >= 11 is 0. The molecule has 0 aliphatic heterocycles. The Kier molecular flexibility index (Phi) is 8.63. The highest BCUT2D eigenvalue weighted by Gasteiger charge is 2.35. The molecule has 5 nitrogen and oxygen atoms in total. The molecule has 0 bridgehead atoms. The van der Waals surface area contributed by atoms with Gasteiger partial charge in [-0.25, -0.2) is 13.6 Å². The highest BCUT2D eigenvalue weighted by atomic mass is 19.3. The fourth-order valence-corrected chi connectivity index (χ4v) is 2.04. The smallest absolute Gasteiger partial charge is 0.408 e. The largest absolute Gasteiger partial charge is 0.465 e. The van der Waals surface area contributed by atoms with Crippen molar-refractivity contribution < 1.29 is 18.7 Å². The average Bonchev–Trinajstić information content (AvgIpc) is 2.24. The van der Waals surface area contributed by atoms with Crippen molar-refractivity contribution in [3.05, 3.63) is 0 Å². The maximum Gasteiger partial charge on any atom is 0.408 e. The first-order valence-electron chi connectivity index (χ1n) is 6.91. The zero-order valence-electron chi connectivity index (χ0n) is 14.3. The van der Waals surface area contributed by atoms with E-state index in [1.807, 2.05) is 47.5 Å². The van der Waals surface area contributed by atoms with Crippen LogP contribution in [0.2, 0.25) is 0 Å². The van der Waals surface area contributed by atoms with Gasteiger partial charge in [0.15, 0.2) is 0 Å². The number of terminal acetylenes is 1. The summed E-state index contributed by atoms with van der Waals surface area (Å²) in [6, 6.07) is -0.904. The fraction of sp³-hybridized carbons (Fsp3) is 0.800. The molecular formula is C15H29F2N3O2. The van der Waals surface area contributed by atoms with Gasteiger partial charge in [0.05, 0.1) is 12.6 Å². The second-order valence-electron chi connectivity index (χ2n) is 7.00. The molecule has 0 aliphatic carbocycles. The summed E-state index contributed by atoms with van der Waals surface area (Å²) in [5.74, 6) is -0.927. The number of carbonyl (C=O) groups is 1. The second kappa shape index (κ2) is 8.30. The van der Waals surface area contributed by atoms with Crippen molar-refractivity contribution in [3.63, 3.8) is 0 Å². The van der Waals surface area contributed by atoms with Gasteiger partial charge in [-0.05, 0) is 41.5 Å². The van der Waals surface area contributed by atoms with Crippen LogP contribution in [-0.4, -0.2) is 45.7 Å². The molecule has 7 heteroatoms. The highest BCUT2D eigenvalue weighted by Crippen LogP contribution is 2.24. The van der Waals surface area contributed by atoms with E-state index < -0.39 is 31.0 Å². The Hall–Kier alpha value is -1.39. The summed E-state index contributed by atoms with van der Waals surface area (Å²) in [4.78, 5) is 12.4. The Bertz CT molecular complexity index is 379. The Morgan fingerprint density at radius 2 is 1.59 bits per heavy atom. The van der Waals surface area contributed by atoms with Gasteiger partial charge >= 0.3 is 6.09 Å². The van der Waals surface area contributed by atoms with Crippen molar-refractivity contribution >= 4 is 6.09 Å². The van der Waals surface area contributed by atoms with Crippen LogP contribution in [0.25, 0.3) is 0 Å². The van der Waals surface area contributed by atoms with Gasteiger partial charge in [-0.15, -0.1) is 6.42 Å². The topological polar surface area (TPSA) is 92.6 Å². The Labute approximate surface area is 132 Å². The van der Waals surface area contributed by atoms with Gasteiger partial charge in [0, 0.05) is 17.5 Å². The van der Waals surface area contributed by atoms with Crippen molar-refractivity contribution in [2.24, 2.45) is 11.5 Å². The van der Waals surface area contributed by atoms with Crippen LogP contribution in [0.4, 0.5) is 13.6 Å². The number of carboxylic acid groups (broad SMARTS) is 1. The average molecular weight is 321 g/mol. The Morgan fingerprint density at radius 1 is 1.23 bits per heavy atom. The first-order valence-corrected chi connectivity index (χ1v) is 6.91. The fourth-order valence-electron chi connectivity index (χ4n) is 2.04. The molecule has 0 saturated carbocycles. The van der Waals surface area contributed by atoms with Gasteiger partial charge in [-0.1, -0.05) is 5.92 Å². The van der Waals surface area contributed by atoms with Crippen molar-refractivity contribution in [1.29, 1.82) is 0 Å². The molecular weight excluding hydrogens is 292 g/mol. The monoisotopic (exact) mass is 321 g/mol. The molecule has 0 fully saturated rings. The summed E-state index contributed by atoms with van der Waals surface area (Å²) in [6.45, 7) is 10.7. The quantitative estimate of drug-likeness (QED) is 0.696. The summed E-state index contributed by atoms with van der Waals surface area (Å²) in [5.41, 5.74) is 9.11. The third-order valence-corrected chi connectivity index (χ3v) is 2.56. The molecule has 0 spiro atoms. The predicted molar refractivity (Wildman–Crippen MR) is 84.8 cm³/mol. The molecule has 5 N–H and O–H groups in total. The number of rotatable bonds is 3. The van der Waals surface area contributed by atoms with E-state index in [1.165, 1.54) is 4.90 Å². The zero-order chi connectivity index (χ0) is 18.4. The summed E-state index contributed by atoms with van der Waals surface area (Å²) in [6.07, 6.45) is 3.38. The van der Waals surface area contributed by atoms with Gasteiger partial charge in [0.1, 0.15) is 0 Å². The van der Waals surface area contributed by atoms with E-state index in [1.54, 1.807) is 0 Å². The van der Waals surface area contributed by atoms with E-state index in [9.17, 15) is 13.6 Å². The number of hydrogen-bond donors (Lipinski definition) is 3. The van der Waals surface area contributed by atoms with Crippen molar-refractivity contribution in [3.8, 4) is 12.3 Å². The van der Waals surface area contributed by atoms with E-state index in [0.717, 1.165) is 0 Å². The molecule has 0 aromatic heterocycles. The molecule has 0 aliphatic rings. The molecule has 1 unspecified atom stereocenters. The molecule has 1 atom stereocenters. The number of hydrogen-bond acceptors (Lipinski definition) is 3. The lowest BCUT2D eigenvalue weighted by atomic mass is 9.97. The van der Waals surface area contributed by atoms with E-state index >= 15 is 0 Å². The first kappa shape index (κ1) is 22.9. The number of amides is 1. The molecule has 0 rings (SSSR count). The van der Waals surface area contributed by atoms with Gasteiger partial charge in [-0.2, -0.15) is 0 Å². The third kappa shape index (κ3) is 9.53. The van der Waals surface area contributed by atoms with Crippen molar-refractivity contribution in [2.45, 2.75) is 71.0 Å². The van der Waals surface area contributed by atoms with Gasteiger partial charge < -0.3 is 16.6 Å². The lowest BCUT2D eigenvalue weighted by Crippen LogP contribution is -2.55. The SMILES string of the molecule is C#CC(N)CC(F)(F)CN.CC(C)(C)N(C(=O)O)C(C)(C)C. The van der Waals surface area contributed by atoms with Crippen LogP contribution in [0.15, 0.2) is 0 Å². The minimum absolute atomic E-state index is 0.343. The maximum atomic E-state index is 12.3. The molecule has 0 aromatic rings. The minimum atomic E-state index is -2.92. The first-order chi connectivity index (χ1) is 9.58. The third-order valence-electron chi connectivity index (χ3n) is 2.56. The Balaban J connectivity index is 0. The normalized spacial score (nSPS) is 13.5. The van der Waals surface area contributed by atoms with Crippen LogP contribution >= 0.6 is 0 Å². The molecule has 1 amide bonds. The van der Waals surface area contributed by atoms with Crippen molar-refractivity contribution in [1.82, 2.24) is 4.90 Å². The van der Waals surface area contributed by atoms with Crippen LogP contribution in [0.5, 0.6) is 0 Å². The highest BCUT2D eigenvalue weighted by molar-refractivity contribution is 5.67. The van der Waals surface area contributed by atoms with E-state index in [4.69, 9.17) is 23.0 Å². The van der Waals surface area contributed by atoms with E-state index in [2.05, 4.69) is 0 Å². The van der Waals surface area contributed by atoms with E-state index in [-0.39, 0.29) is 11.1 Å². The molecule has 22 heavy (non-hydrogen) atoms. The number of halogens is 2. The maximum absolute atomic E-state index is 12.3. The Morgan fingerprint density at radius 3 is 1.73 bits per heavy atom. The van der Waals surface area contributed by atoms with Crippen LogP contribution in [0.3, 0.4) is 0 Å². The van der Waals surface area contributed by atoms with Crippen molar-refractivity contribution in [2.75, 3.05) is 6.54 Å². The number of alkyl halides is 2. The zero-order valence-corrected chi connectivity index (χ0v) is 14.3. The molecule has 0 saturated heterocycles. The predicted octanol–water partition coefficient (Wildman–Crippen LogP) is 2.49. The van der Waals surface area contributed by atoms with Gasteiger partial charge in [0.2, 0.25) is 0 Å². The van der Waals surface area contributed by atoms with Gasteiger partial charge in [0.25, 0.3) is 5.92 Å². The van der Waals surface area contributed by atoms with Crippen LogP contribution < -0.4 is 11.5 Å². The standard InChI is InChI=1S/C9H19NO2.C6H10F2N2/c1-8(2,3)10(7(11)12)9(4,5)6;1-2-5(10)3-6(7,8)4-9/h1-6H3,(H,11,12);1,5H,3-4,9-10H2. The van der Waals surface area contributed by atoms with Crippen LogP contribution in [0.1, 0.15) is 48.0 Å². The lowest BCUT2D eigenvalue weighted by molar-refractivity contribution is 0.000124. The van der Waals surface area contributed by atoms with Gasteiger partial charge in [-0.3, -0.25) is 4.90 Å².